The lowest BCUT2D eigenvalue weighted by Crippen LogP contribution is -2.48. The van der Waals surface area contributed by atoms with E-state index in [2.05, 4.69) is 10.1 Å². The fourth-order valence-electron chi connectivity index (χ4n) is 2.27. The third-order valence-electron chi connectivity index (χ3n) is 3.50. The number of carbonyl (C=O) groups is 1. The molecule has 0 bridgehead atoms. The lowest BCUT2D eigenvalue weighted by atomic mass is 10.2. The van der Waals surface area contributed by atoms with Crippen molar-refractivity contribution in [3.8, 4) is 0 Å². The van der Waals surface area contributed by atoms with Gasteiger partial charge in [0, 0.05) is 20.0 Å². The Bertz CT molecular complexity index is 608. The Kier molecular flexibility index (Phi) is 5.16. The Labute approximate surface area is 132 Å². The first-order chi connectivity index (χ1) is 10.9. The minimum absolute atomic E-state index is 0.106. The largest absolute Gasteiger partial charge is 0.618 e. The summed E-state index contributed by atoms with van der Waals surface area (Å²) in [7, 11) is 1.30. The number of ether oxygens (including phenoxy) is 2. The number of aryl methyl sites for hydroxylation is 1. The fraction of sp³-hybridized carbons (Fsp3) is 0.538. The van der Waals surface area contributed by atoms with E-state index in [1.807, 2.05) is 0 Å². The minimum atomic E-state index is -0.558. The molecule has 1 atom stereocenters. The number of nitrogens with one attached hydrogen (secondary N) is 1. The van der Waals surface area contributed by atoms with Crippen LogP contribution in [0.2, 0.25) is 0 Å². The molecule has 10 nitrogen and oxygen atoms in total. The molecule has 2 heterocycles. The van der Waals surface area contributed by atoms with E-state index in [-0.39, 0.29) is 29.7 Å². The standard InChI is InChI=1S/C13H18N4O6/c1-9-5-12(17(20)21)11(8-16(9)19)14-6-10-7-15(3-4-23-10)13(18)22-2/h5,8,10,14H,3-4,6-7H2,1-2H3. The summed E-state index contributed by atoms with van der Waals surface area (Å²) >= 11 is 0. The number of aromatic nitrogens is 1. The van der Waals surface area contributed by atoms with E-state index in [1.165, 1.54) is 25.0 Å². The monoisotopic (exact) mass is 326 g/mol. The van der Waals surface area contributed by atoms with Crippen molar-refractivity contribution >= 4 is 17.5 Å². The van der Waals surface area contributed by atoms with Gasteiger partial charge in [0.2, 0.25) is 6.20 Å². The molecule has 126 valence electrons. The number of hydrogen-bond donors (Lipinski definition) is 1. The molecular weight excluding hydrogens is 308 g/mol. The Morgan fingerprint density at radius 1 is 1.65 bits per heavy atom. The maximum atomic E-state index is 11.6. The molecule has 2 rings (SSSR count). The molecule has 1 saturated heterocycles. The van der Waals surface area contributed by atoms with Crippen LogP contribution in [-0.4, -0.2) is 55.4 Å². The highest BCUT2D eigenvalue weighted by molar-refractivity contribution is 5.67. The first-order valence-electron chi connectivity index (χ1n) is 6.99. The molecule has 0 saturated carbocycles. The highest BCUT2D eigenvalue weighted by Crippen LogP contribution is 2.23. The second kappa shape index (κ2) is 7.09. The normalized spacial score (nSPS) is 17.7. The number of carbonyl (C=O) groups excluding carboxylic acids is 1. The van der Waals surface area contributed by atoms with Crippen LogP contribution >= 0.6 is 0 Å². The van der Waals surface area contributed by atoms with E-state index in [1.54, 1.807) is 0 Å². The van der Waals surface area contributed by atoms with Gasteiger partial charge in [0.25, 0.3) is 0 Å². The average molecular weight is 326 g/mol. The molecule has 1 fully saturated rings. The number of rotatable bonds is 4. The summed E-state index contributed by atoms with van der Waals surface area (Å²) in [6.07, 6.45) is 0.315. The van der Waals surface area contributed by atoms with E-state index in [9.17, 15) is 20.1 Å². The lowest BCUT2D eigenvalue weighted by molar-refractivity contribution is -0.612. The van der Waals surface area contributed by atoms with E-state index < -0.39 is 11.0 Å². The summed E-state index contributed by atoms with van der Waals surface area (Å²) in [5.41, 5.74) is 0.151. The molecule has 23 heavy (non-hydrogen) atoms. The minimum Gasteiger partial charge on any atom is -0.618 e. The van der Waals surface area contributed by atoms with Crippen LogP contribution in [0.3, 0.4) is 0 Å². The molecular formula is C13H18N4O6. The molecule has 10 heteroatoms. The number of nitrogens with zero attached hydrogens (tertiary/aromatic N) is 3. The Morgan fingerprint density at radius 3 is 3.04 bits per heavy atom. The van der Waals surface area contributed by atoms with Gasteiger partial charge in [-0.05, 0) is 0 Å². The topological polar surface area (TPSA) is 121 Å². The van der Waals surface area contributed by atoms with Crippen molar-refractivity contribution in [2.24, 2.45) is 0 Å². The molecule has 0 aromatic carbocycles. The van der Waals surface area contributed by atoms with Crippen LogP contribution < -0.4 is 10.0 Å². The molecule has 1 aliphatic rings. The summed E-state index contributed by atoms with van der Waals surface area (Å²) in [6, 6.07) is 1.21. The summed E-state index contributed by atoms with van der Waals surface area (Å²) < 4.78 is 10.7. The maximum Gasteiger partial charge on any atom is 0.409 e. The van der Waals surface area contributed by atoms with Crippen molar-refractivity contribution in [1.29, 1.82) is 0 Å². The molecule has 1 N–H and O–H groups in total. The van der Waals surface area contributed by atoms with Crippen LogP contribution in [0.4, 0.5) is 16.2 Å². The van der Waals surface area contributed by atoms with Crippen molar-refractivity contribution in [2.45, 2.75) is 13.0 Å². The zero-order valence-corrected chi connectivity index (χ0v) is 12.9. The highest BCUT2D eigenvalue weighted by atomic mass is 16.6. The quantitative estimate of drug-likeness (QED) is 0.368. The van der Waals surface area contributed by atoms with Gasteiger partial charge in [0.05, 0.1) is 37.4 Å². The summed E-state index contributed by atoms with van der Waals surface area (Å²) in [5, 5.41) is 25.5. The van der Waals surface area contributed by atoms with Gasteiger partial charge in [0.15, 0.2) is 11.4 Å². The average Bonchev–Trinajstić information content (AvgIpc) is 2.54. The predicted octanol–water partition coefficient (Wildman–Crippen LogP) is 0.416. The predicted molar refractivity (Wildman–Crippen MR) is 79.0 cm³/mol. The Balaban J connectivity index is 2.04. The van der Waals surface area contributed by atoms with Gasteiger partial charge in [-0.2, -0.15) is 4.73 Å². The van der Waals surface area contributed by atoms with E-state index in [0.717, 1.165) is 6.20 Å². The van der Waals surface area contributed by atoms with Crippen LogP contribution in [0.5, 0.6) is 0 Å². The summed E-state index contributed by atoms with van der Waals surface area (Å²) in [6.45, 7) is 2.78. The smallest absolute Gasteiger partial charge is 0.409 e. The van der Waals surface area contributed by atoms with Gasteiger partial charge in [-0.25, -0.2) is 4.79 Å². The van der Waals surface area contributed by atoms with Crippen LogP contribution in [0, 0.1) is 22.2 Å². The van der Waals surface area contributed by atoms with Crippen LogP contribution in [0.25, 0.3) is 0 Å². The van der Waals surface area contributed by atoms with E-state index in [4.69, 9.17) is 4.74 Å². The van der Waals surface area contributed by atoms with Gasteiger partial charge in [-0.1, -0.05) is 0 Å². The molecule has 1 amide bonds. The van der Waals surface area contributed by atoms with Gasteiger partial charge in [-0.3, -0.25) is 10.1 Å². The highest BCUT2D eigenvalue weighted by Gasteiger charge is 2.26. The van der Waals surface area contributed by atoms with Crippen molar-refractivity contribution in [3.05, 3.63) is 33.3 Å². The third kappa shape index (κ3) is 3.97. The van der Waals surface area contributed by atoms with Crippen molar-refractivity contribution in [1.82, 2.24) is 4.90 Å². The third-order valence-corrected chi connectivity index (χ3v) is 3.50. The fourth-order valence-corrected chi connectivity index (χ4v) is 2.27. The molecule has 1 aromatic rings. The second-order valence-electron chi connectivity index (χ2n) is 5.09. The molecule has 0 radical (unpaired) electrons. The van der Waals surface area contributed by atoms with Crippen LogP contribution in [-0.2, 0) is 9.47 Å². The zero-order chi connectivity index (χ0) is 17.0. The SMILES string of the molecule is COC(=O)N1CCOC(CNc2c[n+]([O-])c(C)cc2[N+](=O)[O-])C1. The Morgan fingerprint density at radius 2 is 2.39 bits per heavy atom. The number of amides is 1. The van der Waals surface area contributed by atoms with Gasteiger partial charge < -0.3 is 24.9 Å². The number of morpholine rings is 1. The lowest BCUT2D eigenvalue weighted by Gasteiger charge is -2.32. The first-order valence-corrected chi connectivity index (χ1v) is 6.99. The second-order valence-corrected chi connectivity index (χ2v) is 5.09. The van der Waals surface area contributed by atoms with Crippen molar-refractivity contribution < 1.29 is 23.9 Å². The van der Waals surface area contributed by atoms with Crippen molar-refractivity contribution in [2.75, 3.05) is 38.7 Å². The Hall–Kier alpha value is -2.62. The van der Waals surface area contributed by atoms with Crippen LogP contribution in [0.15, 0.2) is 12.3 Å². The van der Waals surface area contributed by atoms with Gasteiger partial charge >= 0.3 is 11.8 Å². The molecule has 1 aromatic heterocycles. The van der Waals surface area contributed by atoms with Gasteiger partial charge in [0.1, 0.15) is 0 Å². The van der Waals surface area contributed by atoms with E-state index >= 15 is 0 Å². The molecule has 1 unspecified atom stereocenters. The van der Waals surface area contributed by atoms with Gasteiger partial charge in [-0.15, -0.1) is 0 Å². The first kappa shape index (κ1) is 16.7. The number of nitro groups is 1. The maximum absolute atomic E-state index is 11.6. The molecule has 1 aliphatic heterocycles. The summed E-state index contributed by atoms with van der Waals surface area (Å²) in [4.78, 5) is 23.5. The number of anilines is 1. The van der Waals surface area contributed by atoms with E-state index in [0.29, 0.717) is 24.4 Å². The number of methoxy groups -OCH3 is 1. The molecule has 0 aliphatic carbocycles. The number of hydrogen-bond acceptors (Lipinski definition) is 7. The van der Waals surface area contributed by atoms with Crippen molar-refractivity contribution in [3.63, 3.8) is 0 Å². The van der Waals surface area contributed by atoms with Crippen LogP contribution in [0.1, 0.15) is 5.69 Å². The molecule has 0 spiro atoms. The number of pyridine rings is 1. The zero-order valence-electron chi connectivity index (χ0n) is 12.9. The summed E-state index contributed by atoms with van der Waals surface area (Å²) in [5.74, 6) is 0.